The highest BCUT2D eigenvalue weighted by atomic mass is 32.2. The van der Waals surface area contributed by atoms with Gasteiger partial charge >= 0.3 is 0 Å². The molecule has 26 heavy (non-hydrogen) atoms. The Balaban J connectivity index is 1.54. The number of carbonyl (C=O) groups excluding carboxylic acids is 1. The van der Waals surface area contributed by atoms with Gasteiger partial charge in [-0.15, -0.1) is 5.10 Å². The lowest BCUT2D eigenvalue weighted by Crippen LogP contribution is -2.40. The molecule has 1 aliphatic heterocycles. The van der Waals surface area contributed by atoms with Crippen LogP contribution in [0, 0.1) is 0 Å². The number of aryl methyl sites for hydroxylation is 2. The SMILES string of the molecule is C/C(=N\N=C1/SCC(=O)N1C1CCCCC1)c1ccc2c(c1)CCCC2. The van der Waals surface area contributed by atoms with Crippen molar-refractivity contribution < 1.29 is 4.79 Å². The molecule has 1 heterocycles. The maximum Gasteiger partial charge on any atom is 0.239 e. The van der Waals surface area contributed by atoms with Gasteiger partial charge in [0.15, 0.2) is 5.17 Å². The van der Waals surface area contributed by atoms with E-state index in [2.05, 4.69) is 28.4 Å². The van der Waals surface area contributed by atoms with Gasteiger partial charge < -0.3 is 0 Å². The molecule has 1 aromatic rings. The number of amidine groups is 1. The number of carbonyl (C=O) groups is 1. The molecule has 0 bridgehead atoms. The number of fused-ring (bicyclic) bond motifs is 1. The van der Waals surface area contributed by atoms with Gasteiger partial charge in [-0.3, -0.25) is 9.69 Å². The predicted octanol–water partition coefficient (Wildman–Crippen LogP) is 4.55. The van der Waals surface area contributed by atoms with E-state index in [-0.39, 0.29) is 5.91 Å². The first-order chi connectivity index (χ1) is 12.7. The van der Waals surface area contributed by atoms with Gasteiger partial charge in [0.05, 0.1) is 11.5 Å². The zero-order chi connectivity index (χ0) is 17.9. The van der Waals surface area contributed by atoms with Crippen molar-refractivity contribution >= 4 is 28.5 Å². The Labute approximate surface area is 160 Å². The van der Waals surface area contributed by atoms with E-state index in [0.29, 0.717) is 11.8 Å². The highest BCUT2D eigenvalue weighted by Gasteiger charge is 2.35. The fourth-order valence-electron chi connectivity index (χ4n) is 4.28. The molecule has 4 rings (SSSR count). The van der Waals surface area contributed by atoms with Crippen LogP contribution in [0.4, 0.5) is 0 Å². The minimum Gasteiger partial charge on any atom is -0.286 e. The molecule has 1 saturated heterocycles. The fourth-order valence-corrected chi connectivity index (χ4v) is 5.16. The van der Waals surface area contributed by atoms with Gasteiger partial charge in [-0.25, -0.2) is 0 Å². The summed E-state index contributed by atoms with van der Waals surface area (Å²) >= 11 is 1.53. The third-order valence-corrected chi connectivity index (χ3v) is 6.72. The van der Waals surface area contributed by atoms with Crippen LogP contribution in [0.25, 0.3) is 0 Å². The molecule has 0 atom stereocenters. The third-order valence-electron chi connectivity index (χ3n) is 5.79. The summed E-state index contributed by atoms with van der Waals surface area (Å²) < 4.78 is 0. The lowest BCUT2D eigenvalue weighted by molar-refractivity contribution is -0.126. The molecule has 2 aliphatic carbocycles. The number of hydrogen-bond donors (Lipinski definition) is 0. The molecular formula is C21H27N3OS. The van der Waals surface area contributed by atoms with E-state index in [1.165, 1.54) is 67.8 Å². The van der Waals surface area contributed by atoms with Crippen molar-refractivity contribution in [1.29, 1.82) is 0 Å². The molecular weight excluding hydrogens is 342 g/mol. The molecule has 0 N–H and O–H groups in total. The summed E-state index contributed by atoms with van der Waals surface area (Å²) in [7, 11) is 0. The Morgan fingerprint density at radius 1 is 1.08 bits per heavy atom. The third kappa shape index (κ3) is 3.73. The summed E-state index contributed by atoms with van der Waals surface area (Å²) in [5, 5.41) is 9.78. The summed E-state index contributed by atoms with van der Waals surface area (Å²) in [5.74, 6) is 0.699. The summed E-state index contributed by atoms with van der Waals surface area (Å²) in [5.41, 5.74) is 5.02. The summed E-state index contributed by atoms with van der Waals surface area (Å²) in [6.45, 7) is 2.01. The maximum absolute atomic E-state index is 12.3. The molecule has 1 amide bonds. The van der Waals surface area contributed by atoms with Crippen LogP contribution in [0.1, 0.15) is 68.6 Å². The second-order valence-corrected chi connectivity index (χ2v) is 8.55. The number of benzene rings is 1. The topological polar surface area (TPSA) is 45.0 Å². The molecule has 2 fully saturated rings. The number of amides is 1. The van der Waals surface area contributed by atoms with Crippen LogP contribution in [0.15, 0.2) is 28.4 Å². The molecule has 0 spiro atoms. The molecule has 138 valence electrons. The molecule has 0 unspecified atom stereocenters. The van der Waals surface area contributed by atoms with Crippen molar-refractivity contribution in [2.24, 2.45) is 10.2 Å². The Morgan fingerprint density at radius 3 is 2.65 bits per heavy atom. The average Bonchev–Trinajstić information content (AvgIpc) is 3.06. The van der Waals surface area contributed by atoms with E-state index in [1.54, 1.807) is 0 Å². The standard InChI is InChI=1S/C21H27N3OS/c1-15(17-12-11-16-7-5-6-8-18(16)13-17)22-23-21-24(20(25)14-26-21)19-9-3-2-4-10-19/h11-13,19H,2-10,14H2,1H3/b22-15+,23-21-. The minimum absolute atomic E-state index is 0.197. The Bertz CT molecular complexity index is 750. The summed E-state index contributed by atoms with van der Waals surface area (Å²) in [6.07, 6.45) is 10.9. The van der Waals surface area contributed by atoms with E-state index >= 15 is 0 Å². The fraction of sp³-hybridized carbons (Fsp3) is 0.571. The van der Waals surface area contributed by atoms with Crippen LogP contribution < -0.4 is 0 Å². The predicted molar refractivity (Wildman–Crippen MR) is 109 cm³/mol. The normalized spacial score (nSPS) is 23.6. The first-order valence-corrected chi connectivity index (χ1v) is 10.9. The second-order valence-electron chi connectivity index (χ2n) is 7.60. The van der Waals surface area contributed by atoms with Gasteiger partial charge in [0, 0.05) is 6.04 Å². The van der Waals surface area contributed by atoms with E-state index in [4.69, 9.17) is 0 Å². The van der Waals surface area contributed by atoms with Gasteiger partial charge in [0.1, 0.15) is 0 Å². The van der Waals surface area contributed by atoms with Gasteiger partial charge in [-0.05, 0) is 68.2 Å². The van der Waals surface area contributed by atoms with Crippen LogP contribution in [0.2, 0.25) is 0 Å². The number of rotatable bonds is 3. The van der Waals surface area contributed by atoms with Gasteiger partial charge in [-0.1, -0.05) is 43.2 Å². The van der Waals surface area contributed by atoms with Gasteiger partial charge in [0.2, 0.25) is 5.91 Å². The smallest absolute Gasteiger partial charge is 0.239 e. The van der Waals surface area contributed by atoms with Crippen LogP contribution in [0.3, 0.4) is 0 Å². The molecule has 3 aliphatic rings. The number of nitrogens with zero attached hydrogens (tertiary/aromatic N) is 3. The van der Waals surface area contributed by atoms with Crippen LogP contribution in [0.5, 0.6) is 0 Å². The number of thioether (sulfide) groups is 1. The first-order valence-electron chi connectivity index (χ1n) is 9.91. The molecule has 1 aromatic carbocycles. The molecule has 0 aromatic heterocycles. The van der Waals surface area contributed by atoms with E-state index < -0.39 is 0 Å². The molecule has 5 heteroatoms. The van der Waals surface area contributed by atoms with E-state index in [9.17, 15) is 4.79 Å². The summed E-state index contributed by atoms with van der Waals surface area (Å²) in [4.78, 5) is 14.3. The van der Waals surface area contributed by atoms with Crippen LogP contribution in [-0.2, 0) is 17.6 Å². The quantitative estimate of drug-likeness (QED) is 0.579. The van der Waals surface area contributed by atoms with Crippen molar-refractivity contribution in [3.05, 3.63) is 34.9 Å². The van der Waals surface area contributed by atoms with Crippen molar-refractivity contribution in [2.75, 3.05) is 5.75 Å². The van der Waals surface area contributed by atoms with Crippen molar-refractivity contribution in [1.82, 2.24) is 4.90 Å². The van der Waals surface area contributed by atoms with Crippen molar-refractivity contribution in [3.63, 3.8) is 0 Å². The summed E-state index contributed by atoms with van der Waals surface area (Å²) in [6, 6.07) is 7.01. The highest BCUT2D eigenvalue weighted by molar-refractivity contribution is 8.15. The van der Waals surface area contributed by atoms with E-state index in [0.717, 1.165) is 29.3 Å². The second kappa shape index (κ2) is 7.95. The maximum atomic E-state index is 12.3. The monoisotopic (exact) mass is 369 g/mol. The van der Waals surface area contributed by atoms with Gasteiger partial charge in [-0.2, -0.15) is 5.10 Å². The Kier molecular flexibility index (Phi) is 5.44. The molecule has 4 nitrogen and oxygen atoms in total. The van der Waals surface area contributed by atoms with Crippen molar-refractivity contribution in [2.45, 2.75) is 70.8 Å². The van der Waals surface area contributed by atoms with Gasteiger partial charge in [0.25, 0.3) is 0 Å². The largest absolute Gasteiger partial charge is 0.286 e. The zero-order valence-corrected chi connectivity index (χ0v) is 16.4. The zero-order valence-electron chi connectivity index (χ0n) is 15.5. The lowest BCUT2D eigenvalue weighted by Gasteiger charge is -2.30. The molecule has 1 saturated carbocycles. The van der Waals surface area contributed by atoms with E-state index in [1.807, 2.05) is 11.8 Å². The number of hydrogen-bond acceptors (Lipinski definition) is 4. The van der Waals surface area contributed by atoms with Crippen LogP contribution in [-0.4, -0.2) is 33.5 Å². The average molecular weight is 370 g/mol. The van der Waals surface area contributed by atoms with Crippen LogP contribution >= 0.6 is 11.8 Å². The highest BCUT2D eigenvalue weighted by Crippen LogP contribution is 2.30. The van der Waals surface area contributed by atoms with Crippen molar-refractivity contribution in [3.8, 4) is 0 Å². The lowest BCUT2D eigenvalue weighted by atomic mass is 9.90. The Hall–Kier alpha value is -1.62. The first kappa shape index (κ1) is 17.8. The Morgan fingerprint density at radius 2 is 1.85 bits per heavy atom. The minimum atomic E-state index is 0.197. The molecule has 0 radical (unpaired) electrons.